The van der Waals surface area contributed by atoms with Crippen molar-refractivity contribution < 1.29 is 27.4 Å². The summed E-state index contributed by atoms with van der Waals surface area (Å²) in [5.41, 5.74) is 4.30. The first-order valence-corrected chi connectivity index (χ1v) is 14.7. The lowest BCUT2D eigenvalue weighted by molar-refractivity contribution is -0.119. The number of halogens is 3. The Morgan fingerprint density at radius 1 is 1.11 bits per heavy atom. The average Bonchev–Trinajstić information content (AvgIpc) is 3.37. The minimum Gasteiger partial charge on any atom is -0.496 e. The number of alkyl halides is 2. The van der Waals surface area contributed by atoms with Gasteiger partial charge in [-0.2, -0.15) is 0 Å². The van der Waals surface area contributed by atoms with Crippen molar-refractivity contribution in [2.24, 2.45) is 4.99 Å². The van der Waals surface area contributed by atoms with Crippen molar-refractivity contribution in [2.75, 3.05) is 12.4 Å². The smallest absolute Gasteiger partial charge is 0.252 e. The largest absolute Gasteiger partial charge is 0.496 e. The van der Waals surface area contributed by atoms with Crippen molar-refractivity contribution in [1.82, 2.24) is 15.0 Å². The van der Waals surface area contributed by atoms with E-state index in [0.717, 1.165) is 16.7 Å². The molecule has 0 unspecified atom stereocenters. The second-order valence-corrected chi connectivity index (χ2v) is 11.7. The van der Waals surface area contributed by atoms with E-state index in [2.05, 4.69) is 38.4 Å². The number of aromatic nitrogens is 3. The minimum absolute atomic E-state index is 0.0111. The molecular formula is C32H32F3N5O3S. The molecule has 2 aromatic carbocycles. The number of allylic oxidation sites excluding steroid dienone is 1. The number of anilines is 1. The molecule has 8 nitrogen and oxygen atoms in total. The van der Waals surface area contributed by atoms with Crippen LogP contribution in [0.3, 0.4) is 0 Å². The summed E-state index contributed by atoms with van der Waals surface area (Å²) in [6.07, 6.45) is 1.65. The number of hydrogen-bond acceptors (Lipinski definition) is 9. The molecule has 0 saturated heterocycles. The number of thiazole rings is 1. The maximum atomic E-state index is 15.4. The summed E-state index contributed by atoms with van der Waals surface area (Å²) in [4.78, 5) is 17.4. The summed E-state index contributed by atoms with van der Waals surface area (Å²) in [5, 5.41) is 3.54. The van der Waals surface area contributed by atoms with Gasteiger partial charge < -0.3 is 19.5 Å². The van der Waals surface area contributed by atoms with Crippen LogP contribution in [0, 0.1) is 26.6 Å². The Labute approximate surface area is 257 Å². The highest BCUT2D eigenvalue weighted by atomic mass is 32.1. The number of aryl methyl sites for hydroxylation is 3. The Bertz CT molecular complexity index is 1740. The van der Waals surface area contributed by atoms with E-state index in [1.807, 2.05) is 26.0 Å². The summed E-state index contributed by atoms with van der Waals surface area (Å²) in [6.45, 7) is 13.3. The molecule has 0 radical (unpaired) electrons. The van der Waals surface area contributed by atoms with Crippen LogP contribution in [0.5, 0.6) is 5.75 Å². The van der Waals surface area contributed by atoms with Crippen LogP contribution in [-0.2, 0) is 9.47 Å². The van der Waals surface area contributed by atoms with Crippen LogP contribution >= 0.6 is 11.3 Å². The molecule has 1 aliphatic carbocycles. The van der Waals surface area contributed by atoms with Gasteiger partial charge in [-0.05, 0) is 45.4 Å². The normalized spacial score (nSPS) is 17.9. The standard InChI is InChI=1S/C32H32F3N5O3S/c1-17-9-18(2)30(38-14-19(3)41-6)23(10-17)31-40-25-11-24(33)27(12-29(25)44-31)43-28-13-32(34,35)8-7-26(28)42-21(5)39-22-15-36-20(4)37-16-22/h9-12,14-16,26,28,39H,3,5,7-8,13H2,1-2,4,6H3/b38-14-/t26-,28+/m1/s1. The van der Waals surface area contributed by atoms with Crippen molar-refractivity contribution in [1.29, 1.82) is 0 Å². The van der Waals surface area contributed by atoms with Crippen LogP contribution in [0.25, 0.3) is 20.8 Å². The molecular weight excluding hydrogens is 591 g/mol. The Morgan fingerprint density at radius 2 is 1.86 bits per heavy atom. The molecule has 2 atom stereocenters. The van der Waals surface area contributed by atoms with Crippen molar-refractivity contribution in [2.45, 2.75) is 58.2 Å². The second-order valence-electron chi connectivity index (χ2n) is 10.7. The van der Waals surface area contributed by atoms with Crippen LogP contribution in [0.1, 0.15) is 36.2 Å². The zero-order valence-corrected chi connectivity index (χ0v) is 25.6. The first-order valence-electron chi connectivity index (χ1n) is 13.8. The Morgan fingerprint density at radius 3 is 2.59 bits per heavy atom. The molecule has 44 heavy (non-hydrogen) atoms. The van der Waals surface area contributed by atoms with E-state index >= 15 is 4.39 Å². The average molecular weight is 624 g/mol. The van der Waals surface area contributed by atoms with E-state index < -0.39 is 36.8 Å². The van der Waals surface area contributed by atoms with Gasteiger partial charge in [0.15, 0.2) is 17.4 Å². The SMILES string of the molecule is C=C(/C=N\c1c(C)cc(C)cc1-c1nc2cc(F)c(O[C@H]3CC(F)(F)CC[C@H]3OC(=C)Nc3cnc(C)nc3)cc2s1)OC. The summed E-state index contributed by atoms with van der Waals surface area (Å²) < 4.78 is 62.0. The Hall–Kier alpha value is -4.45. The van der Waals surface area contributed by atoms with Gasteiger partial charge >= 0.3 is 0 Å². The summed E-state index contributed by atoms with van der Waals surface area (Å²) in [5.74, 6) is -2.77. The number of hydrogen-bond donors (Lipinski definition) is 1. The minimum atomic E-state index is -2.99. The van der Waals surface area contributed by atoms with Gasteiger partial charge in [-0.25, -0.2) is 28.1 Å². The van der Waals surface area contributed by atoms with Crippen LogP contribution in [0.15, 0.2) is 66.5 Å². The Kier molecular flexibility index (Phi) is 8.91. The van der Waals surface area contributed by atoms with Gasteiger partial charge in [0, 0.05) is 24.1 Å². The third-order valence-corrected chi connectivity index (χ3v) is 8.11. The first kappa shape index (κ1) is 31.0. The van der Waals surface area contributed by atoms with E-state index in [0.29, 0.717) is 38.2 Å². The summed E-state index contributed by atoms with van der Waals surface area (Å²) >= 11 is 1.32. The number of nitrogens with zero attached hydrogens (tertiary/aromatic N) is 4. The van der Waals surface area contributed by atoms with E-state index in [1.165, 1.54) is 36.8 Å². The number of nitrogens with one attached hydrogen (secondary N) is 1. The van der Waals surface area contributed by atoms with E-state index in [9.17, 15) is 8.78 Å². The van der Waals surface area contributed by atoms with Crippen molar-refractivity contribution in [3.05, 3.63) is 84.2 Å². The number of benzene rings is 2. The molecule has 4 aromatic rings. The third kappa shape index (κ3) is 7.19. The lowest BCUT2D eigenvalue weighted by Gasteiger charge is -2.36. The zero-order valence-electron chi connectivity index (χ0n) is 24.8. The fourth-order valence-corrected chi connectivity index (χ4v) is 5.92. The van der Waals surface area contributed by atoms with E-state index in [1.54, 1.807) is 19.3 Å². The molecule has 1 saturated carbocycles. The molecule has 0 aliphatic heterocycles. The number of methoxy groups -OCH3 is 1. The molecule has 2 aromatic heterocycles. The molecule has 0 spiro atoms. The monoisotopic (exact) mass is 623 g/mol. The molecule has 1 aliphatic rings. The molecule has 12 heteroatoms. The van der Waals surface area contributed by atoms with Crippen molar-refractivity contribution >= 4 is 39.1 Å². The number of rotatable bonds is 10. The summed E-state index contributed by atoms with van der Waals surface area (Å²) in [7, 11) is 1.51. The number of aliphatic imine (C=N–C) groups is 1. The van der Waals surface area contributed by atoms with Crippen molar-refractivity contribution in [3.63, 3.8) is 0 Å². The van der Waals surface area contributed by atoms with E-state index in [-0.39, 0.29) is 18.1 Å². The van der Waals surface area contributed by atoms with Gasteiger partial charge in [0.05, 0.1) is 53.7 Å². The molecule has 5 rings (SSSR count). The molecule has 230 valence electrons. The lowest BCUT2D eigenvalue weighted by Crippen LogP contribution is -2.44. The number of ether oxygens (including phenoxy) is 3. The maximum absolute atomic E-state index is 15.4. The molecule has 1 fully saturated rings. The lowest BCUT2D eigenvalue weighted by atomic mass is 9.91. The summed E-state index contributed by atoms with van der Waals surface area (Å²) in [6, 6.07) is 6.70. The van der Waals surface area contributed by atoms with Gasteiger partial charge in [-0.15, -0.1) is 11.3 Å². The third-order valence-electron chi connectivity index (χ3n) is 7.06. The highest BCUT2D eigenvalue weighted by molar-refractivity contribution is 7.21. The molecule has 1 N–H and O–H groups in total. The highest BCUT2D eigenvalue weighted by Gasteiger charge is 2.44. The topological polar surface area (TPSA) is 90.8 Å². The van der Waals surface area contributed by atoms with Crippen LogP contribution in [0.2, 0.25) is 0 Å². The van der Waals surface area contributed by atoms with Gasteiger partial charge in [0.2, 0.25) is 0 Å². The molecule has 0 bridgehead atoms. The maximum Gasteiger partial charge on any atom is 0.252 e. The fraction of sp³-hybridized carbons (Fsp3) is 0.312. The van der Waals surface area contributed by atoms with Crippen LogP contribution in [0.4, 0.5) is 24.5 Å². The Balaban J connectivity index is 1.41. The predicted octanol–water partition coefficient (Wildman–Crippen LogP) is 8.22. The van der Waals surface area contributed by atoms with Gasteiger partial charge in [0.25, 0.3) is 5.92 Å². The first-order chi connectivity index (χ1) is 20.9. The molecule has 0 amide bonds. The predicted molar refractivity (Wildman–Crippen MR) is 166 cm³/mol. The second kappa shape index (κ2) is 12.7. The molecule has 2 heterocycles. The number of fused-ring (bicyclic) bond motifs is 1. The van der Waals surface area contributed by atoms with Crippen LogP contribution in [-0.4, -0.2) is 46.4 Å². The van der Waals surface area contributed by atoms with Crippen LogP contribution < -0.4 is 10.1 Å². The van der Waals surface area contributed by atoms with E-state index in [4.69, 9.17) is 14.2 Å². The zero-order chi connectivity index (χ0) is 31.6. The van der Waals surface area contributed by atoms with Crippen molar-refractivity contribution in [3.8, 4) is 16.3 Å². The highest BCUT2D eigenvalue weighted by Crippen LogP contribution is 2.42. The fourth-order valence-electron chi connectivity index (χ4n) is 4.93. The van der Waals surface area contributed by atoms with Gasteiger partial charge in [-0.3, -0.25) is 4.99 Å². The quantitative estimate of drug-likeness (QED) is 0.141. The van der Waals surface area contributed by atoms with Gasteiger partial charge in [-0.1, -0.05) is 18.2 Å². The van der Waals surface area contributed by atoms with Gasteiger partial charge in [0.1, 0.15) is 28.8 Å².